The van der Waals surface area contributed by atoms with Crippen molar-refractivity contribution in [2.24, 2.45) is 0 Å². The second kappa shape index (κ2) is 7.92. The van der Waals surface area contributed by atoms with Gasteiger partial charge in [-0.25, -0.2) is 9.59 Å². The van der Waals surface area contributed by atoms with Crippen molar-refractivity contribution in [2.75, 3.05) is 7.11 Å². The predicted octanol–water partition coefficient (Wildman–Crippen LogP) is 1.90. The molecule has 0 bridgehead atoms. The molecule has 6 heteroatoms. The zero-order valence-corrected chi connectivity index (χ0v) is 13.1. The highest BCUT2D eigenvalue weighted by Crippen LogP contribution is 2.11. The topological polar surface area (TPSA) is 92.7 Å². The summed E-state index contributed by atoms with van der Waals surface area (Å²) in [5, 5.41) is 11.7. The quantitative estimate of drug-likeness (QED) is 0.791. The summed E-state index contributed by atoms with van der Waals surface area (Å²) in [4.78, 5) is 35.6. The third-order valence-corrected chi connectivity index (χ3v) is 3.48. The van der Waals surface area contributed by atoms with E-state index in [4.69, 9.17) is 9.84 Å². The Morgan fingerprint density at radius 2 is 1.58 bits per heavy atom. The normalized spacial score (nSPS) is 11.4. The molecule has 0 aliphatic carbocycles. The van der Waals surface area contributed by atoms with E-state index in [9.17, 15) is 14.4 Å². The summed E-state index contributed by atoms with van der Waals surface area (Å²) in [5.41, 5.74) is 0.713. The number of carbonyl (C=O) groups excluding carboxylic acids is 2. The lowest BCUT2D eigenvalue weighted by molar-refractivity contribution is -0.142. The van der Waals surface area contributed by atoms with Crippen LogP contribution in [0.3, 0.4) is 0 Å². The van der Waals surface area contributed by atoms with Crippen molar-refractivity contribution in [3.63, 3.8) is 0 Å². The highest BCUT2D eigenvalue weighted by atomic mass is 16.5. The van der Waals surface area contributed by atoms with Gasteiger partial charge in [0.1, 0.15) is 6.04 Å². The smallest absolute Gasteiger partial charge is 0.336 e. The number of ether oxygens (including phenoxy) is 1. The van der Waals surface area contributed by atoms with Gasteiger partial charge in [0.15, 0.2) is 0 Å². The molecule has 1 atom stereocenters. The second-order valence-corrected chi connectivity index (χ2v) is 5.09. The van der Waals surface area contributed by atoms with Crippen LogP contribution in [-0.2, 0) is 16.0 Å². The third kappa shape index (κ3) is 4.19. The van der Waals surface area contributed by atoms with Gasteiger partial charge in [-0.15, -0.1) is 0 Å². The van der Waals surface area contributed by atoms with Crippen LogP contribution < -0.4 is 5.32 Å². The molecule has 0 aliphatic rings. The Balaban J connectivity index is 2.22. The van der Waals surface area contributed by atoms with E-state index in [0.717, 1.165) is 5.56 Å². The lowest BCUT2D eigenvalue weighted by Crippen LogP contribution is -2.43. The van der Waals surface area contributed by atoms with E-state index in [1.165, 1.54) is 25.3 Å². The predicted molar refractivity (Wildman–Crippen MR) is 86.8 cm³/mol. The first-order chi connectivity index (χ1) is 11.5. The molecule has 2 rings (SSSR count). The van der Waals surface area contributed by atoms with Gasteiger partial charge >= 0.3 is 11.9 Å². The molecule has 0 aromatic heterocycles. The molecule has 6 nitrogen and oxygen atoms in total. The van der Waals surface area contributed by atoms with E-state index < -0.39 is 23.9 Å². The lowest BCUT2D eigenvalue weighted by Gasteiger charge is -2.17. The Bertz CT molecular complexity index is 742. The van der Waals surface area contributed by atoms with Crippen LogP contribution in [0.2, 0.25) is 0 Å². The zero-order chi connectivity index (χ0) is 17.5. The van der Waals surface area contributed by atoms with Gasteiger partial charge in [-0.2, -0.15) is 0 Å². The molecule has 0 unspecified atom stereocenters. The van der Waals surface area contributed by atoms with Crippen LogP contribution in [0.15, 0.2) is 54.6 Å². The van der Waals surface area contributed by atoms with Crippen LogP contribution in [0.25, 0.3) is 0 Å². The SMILES string of the molecule is COC(=O)[C@H](Cc1ccccc1)NC(=O)c1ccccc1C(=O)O. The molecule has 24 heavy (non-hydrogen) atoms. The first-order valence-electron chi connectivity index (χ1n) is 7.28. The number of benzene rings is 2. The maximum Gasteiger partial charge on any atom is 0.336 e. The van der Waals surface area contributed by atoms with Crippen LogP contribution in [0, 0.1) is 0 Å². The summed E-state index contributed by atoms with van der Waals surface area (Å²) in [7, 11) is 1.23. The van der Waals surface area contributed by atoms with Gasteiger partial charge in [0.2, 0.25) is 0 Å². The standard InChI is InChI=1S/C18H17NO5/c1-24-18(23)15(11-12-7-3-2-4-8-12)19-16(20)13-9-5-6-10-14(13)17(21)22/h2-10,15H,11H2,1H3,(H,19,20)(H,21,22)/t15-/m0/s1. The van der Waals surface area contributed by atoms with E-state index in [1.807, 2.05) is 30.3 Å². The number of carbonyl (C=O) groups is 3. The van der Waals surface area contributed by atoms with Crippen molar-refractivity contribution in [2.45, 2.75) is 12.5 Å². The Morgan fingerprint density at radius 1 is 1.00 bits per heavy atom. The minimum Gasteiger partial charge on any atom is -0.478 e. The number of aromatic carboxylic acids is 1. The molecule has 0 spiro atoms. The zero-order valence-electron chi connectivity index (χ0n) is 13.1. The first-order valence-corrected chi connectivity index (χ1v) is 7.28. The molecule has 0 saturated carbocycles. The van der Waals surface area contributed by atoms with Gasteiger partial charge < -0.3 is 15.2 Å². The molecule has 1 amide bonds. The van der Waals surface area contributed by atoms with Crippen molar-refractivity contribution in [1.82, 2.24) is 5.32 Å². The number of hydrogen-bond donors (Lipinski definition) is 2. The van der Waals surface area contributed by atoms with Crippen LogP contribution in [0.4, 0.5) is 0 Å². The van der Waals surface area contributed by atoms with Gasteiger partial charge in [-0.1, -0.05) is 42.5 Å². The van der Waals surface area contributed by atoms with Crippen molar-refractivity contribution < 1.29 is 24.2 Å². The molecule has 0 saturated heterocycles. The highest BCUT2D eigenvalue weighted by molar-refractivity contribution is 6.05. The largest absolute Gasteiger partial charge is 0.478 e. The van der Waals surface area contributed by atoms with Crippen LogP contribution in [-0.4, -0.2) is 36.1 Å². The van der Waals surface area contributed by atoms with Crippen molar-refractivity contribution >= 4 is 17.8 Å². The van der Waals surface area contributed by atoms with Crippen molar-refractivity contribution in [1.29, 1.82) is 0 Å². The minimum atomic E-state index is -1.21. The fourth-order valence-corrected chi connectivity index (χ4v) is 2.29. The Morgan fingerprint density at radius 3 is 2.17 bits per heavy atom. The number of esters is 1. The number of carboxylic acid groups (broad SMARTS) is 1. The summed E-state index contributed by atoms with van der Waals surface area (Å²) in [5.74, 6) is -2.45. The molecule has 0 heterocycles. The van der Waals surface area contributed by atoms with Crippen LogP contribution >= 0.6 is 0 Å². The average Bonchev–Trinajstić information content (AvgIpc) is 2.61. The van der Waals surface area contributed by atoms with E-state index >= 15 is 0 Å². The van der Waals surface area contributed by atoms with Crippen molar-refractivity contribution in [3.05, 3.63) is 71.3 Å². The number of amides is 1. The van der Waals surface area contributed by atoms with E-state index in [0.29, 0.717) is 0 Å². The first kappa shape index (κ1) is 17.2. The monoisotopic (exact) mass is 327 g/mol. The van der Waals surface area contributed by atoms with Crippen LogP contribution in [0.1, 0.15) is 26.3 Å². The Labute approximate surface area is 139 Å². The van der Waals surface area contributed by atoms with E-state index in [-0.39, 0.29) is 17.5 Å². The molecule has 0 fully saturated rings. The van der Waals surface area contributed by atoms with Crippen molar-refractivity contribution in [3.8, 4) is 0 Å². The number of hydrogen-bond acceptors (Lipinski definition) is 4. The molecule has 124 valence electrons. The average molecular weight is 327 g/mol. The highest BCUT2D eigenvalue weighted by Gasteiger charge is 2.24. The maximum atomic E-state index is 12.4. The second-order valence-electron chi connectivity index (χ2n) is 5.09. The molecule has 2 N–H and O–H groups in total. The molecular formula is C18H17NO5. The van der Waals surface area contributed by atoms with Gasteiger partial charge in [0, 0.05) is 6.42 Å². The van der Waals surface area contributed by atoms with Gasteiger partial charge in [0.25, 0.3) is 5.91 Å². The number of rotatable bonds is 6. The number of nitrogens with one attached hydrogen (secondary N) is 1. The minimum absolute atomic E-state index is 0.00744. The molecule has 0 aliphatic heterocycles. The summed E-state index contributed by atoms with van der Waals surface area (Å²) >= 11 is 0. The summed E-state index contributed by atoms with van der Waals surface area (Å²) in [6.45, 7) is 0. The van der Waals surface area contributed by atoms with Gasteiger partial charge in [-0.05, 0) is 17.7 Å². The van der Waals surface area contributed by atoms with Gasteiger partial charge in [0.05, 0.1) is 18.2 Å². The van der Waals surface area contributed by atoms with E-state index in [2.05, 4.69) is 5.32 Å². The molecular weight excluding hydrogens is 310 g/mol. The number of carboxylic acids is 1. The summed E-state index contributed by atoms with van der Waals surface area (Å²) in [6, 6.07) is 14.1. The number of methoxy groups -OCH3 is 1. The Hall–Kier alpha value is -3.15. The fourth-order valence-electron chi connectivity index (χ4n) is 2.29. The Kier molecular flexibility index (Phi) is 5.68. The summed E-state index contributed by atoms with van der Waals surface area (Å²) in [6.07, 6.45) is 0.245. The molecule has 2 aromatic rings. The lowest BCUT2D eigenvalue weighted by atomic mass is 10.0. The third-order valence-electron chi connectivity index (χ3n) is 3.48. The molecule has 0 radical (unpaired) electrons. The molecule has 2 aromatic carbocycles. The fraction of sp³-hybridized carbons (Fsp3) is 0.167. The maximum absolute atomic E-state index is 12.4. The van der Waals surface area contributed by atoms with Gasteiger partial charge in [-0.3, -0.25) is 4.79 Å². The van der Waals surface area contributed by atoms with Crippen LogP contribution in [0.5, 0.6) is 0 Å². The van der Waals surface area contributed by atoms with E-state index in [1.54, 1.807) is 6.07 Å². The summed E-state index contributed by atoms with van der Waals surface area (Å²) < 4.78 is 4.73.